The summed E-state index contributed by atoms with van der Waals surface area (Å²) in [5.74, 6) is 0. The molecule has 0 saturated heterocycles. The van der Waals surface area contributed by atoms with E-state index in [1.54, 1.807) is 12.4 Å². The van der Waals surface area contributed by atoms with Gasteiger partial charge in [-0.2, -0.15) is 0 Å². The largest absolute Gasteiger partial charge is 0.444 e. The minimum Gasteiger partial charge on any atom is -0.444 e. The van der Waals surface area contributed by atoms with Gasteiger partial charge in [0.15, 0.2) is 0 Å². The number of aliphatic hydroxyl groups excluding tert-OH is 1. The fourth-order valence-corrected chi connectivity index (χ4v) is 2.62. The summed E-state index contributed by atoms with van der Waals surface area (Å²) in [6.07, 6.45) is 2.68. The lowest BCUT2D eigenvalue weighted by molar-refractivity contribution is 0.0422. The molecule has 2 aromatic rings. The Kier molecular flexibility index (Phi) is 7.76. The highest BCUT2D eigenvalue weighted by Crippen LogP contribution is 2.10. The first-order chi connectivity index (χ1) is 12.8. The summed E-state index contributed by atoms with van der Waals surface area (Å²) in [6, 6.07) is 13.1. The van der Waals surface area contributed by atoms with Gasteiger partial charge in [-0.25, -0.2) is 4.79 Å². The van der Waals surface area contributed by atoms with Gasteiger partial charge in [0.25, 0.3) is 0 Å². The van der Waals surface area contributed by atoms with Crippen molar-refractivity contribution < 1.29 is 14.6 Å². The molecule has 0 aliphatic rings. The van der Waals surface area contributed by atoms with Crippen molar-refractivity contribution in [3.8, 4) is 0 Å². The number of carbonyl (C=O) groups excluding carboxylic acids is 1. The van der Waals surface area contributed by atoms with E-state index >= 15 is 0 Å². The zero-order valence-corrected chi connectivity index (χ0v) is 16.2. The van der Waals surface area contributed by atoms with Crippen LogP contribution in [-0.4, -0.2) is 40.5 Å². The third-order valence-corrected chi connectivity index (χ3v) is 3.90. The van der Waals surface area contributed by atoms with Crippen molar-refractivity contribution in [1.82, 2.24) is 15.6 Å². The molecule has 1 aromatic carbocycles. The highest BCUT2D eigenvalue weighted by atomic mass is 16.6. The van der Waals surface area contributed by atoms with Crippen molar-refractivity contribution in [3.05, 3.63) is 66.0 Å². The van der Waals surface area contributed by atoms with Gasteiger partial charge >= 0.3 is 6.09 Å². The van der Waals surface area contributed by atoms with Crippen LogP contribution in [0.1, 0.15) is 31.9 Å². The van der Waals surface area contributed by atoms with Crippen molar-refractivity contribution in [3.63, 3.8) is 0 Å². The molecule has 2 rings (SSSR count). The Morgan fingerprint density at radius 3 is 2.41 bits per heavy atom. The Morgan fingerprint density at radius 1 is 1.11 bits per heavy atom. The van der Waals surface area contributed by atoms with Gasteiger partial charge in [-0.05, 0) is 50.5 Å². The molecule has 0 unspecified atom stereocenters. The SMILES string of the molecule is CC(C)(C)OC(=O)N[C@@H](Cc1ccccc1)[C@H](O)CNCc1ccncc1. The Bertz CT molecular complexity index is 687. The van der Waals surface area contributed by atoms with Crippen LogP contribution >= 0.6 is 0 Å². The molecule has 0 aliphatic carbocycles. The fourth-order valence-electron chi connectivity index (χ4n) is 2.62. The summed E-state index contributed by atoms with van der Waals surface area (Å²) in [6.45, 7) is 6.39. The minimum absolute atomic E-state index is 0.343. The number of aromatic nitrogens is 1. The third-order valence-electron chi connectivity index (χ3n) is 3.90. The number of rotatable bonds is 8. The molecule has 1 amide bonds. The molecule has 27 heavy (non-hydrogen) atoms. The first-order valence-corrected chi connectivity index (χ1v) is 9.14. The van der Waals surface area contributed by atoms with E-state index < -0.39 is 23.8 Å². The Labute approximate surface area is 161 Å². The summed E-state index contributed by atoms with van der Waals surface area (Å²) in [5, 5.41) is 16.7. The predicted octanol–water partition coefficient (Wildman–Crippen LogP) is 2.67. The van der Waals surface area contributed by atoms with Crippen LogP contribution < -0.4 is 10.6 Å². The molecule has 0 radical (unpaired) electrons. The van der Waals surface area contributed by atoms with Crippen LogP contribution in [0.4, 0.5) is 4.79 Å². The lowest BCUT2D eigenvalue weighted by Crippen LogP contribution is -2.49. The second-order valence-corrected chi connectivity index (χ2v) is 7.50. The van der Waals surface area contributed by atoms with E-state index in [0.29, 0.717) is 19.5 Å². The van der Waals surface area contributed by atoms with Crippen LogP contribution in [0.15, 0.2) is 54.9 Å². The van der Waals surface area contributed by atoms with Crippen molar-refractivity contribution in [2.24, 2.45) is 0 Å². The first kappa shape index (κ1) is 20.9. The van der Waals surface area contributed by atoms with E-state index in [2.05, 4.69) is 15.6 Å². The predicted molar refractivity (Wildman–Crippen MR) is 105 cm³/mol. The molecule has 1 heterocycles. The molecule has 0 aliphatic heterocycles. The molecule has 2 atom stereocenters. The molecule has 0 bridgehead atoms. The molecular formula is C21H29N3O3. The van der Waals surface area contributed by atoms with Gasteiger partial charge in [-0.3, -0.25) is 4.98 Å². The average Bonchev–Trinajstić information content (AvgIpc) is 2.61. The van der Waals surface area contributed by atoms with E-state index in [1.807, 2.05) is 63.2 Å². The first-order valence-electron chi connectivity index (χ1n) is 9.14. The molecular weight excluding hydrogens is 342 g/mol. The molecule has 146 valence electrons. The molecule has 3 N–H and O–H groups in total. The maximum absolute atomic E-state index is 12.2. The van der Waals surface area contributed by atoms with Crippen LogP contribution in [0.2, 0.25) is 0 Å². The van der Waals surface area contributed by atoms with Crippen molar-refractivity contribution in [1.29, 1.82) is 0 Å². The molecule has 1 aromatic heterocycles. The van der Waals surface area contributed by atoms with Crippen molar-refractivity contribution in [2.45, 2.75) is 51.5 Å². The average molecular weight is 371 g/mol. The maximum atomic E-state index is 12.2. The number of nitrogens with one attached hydrogen (secondary N) is 2. The molecule has 0 saturated carbocycles. The third kappa shape index (κ3) is 8.19. The Morgan fingerprint density at radius 2 is 1.78 bits per heavy atom. The van der Waals surface area contributed by atoms with Crippen LogP contribution in [0.3, 0.4) is 0 Å². The fraction of sp³-hybridized carbons (Fsp3) is 0.429. The van der Waals surface area contributed by atoms with E-state index in [1.165, 1.54) is 0 Å². The van der Waals surface area contributed by atoms with Gasteiger partial charge in [-0.1, -0.05) is 30.3 Å². The molecule has 0 spiro atoms. The second kappa shape index (κ2) is 10.0. The zero-order valence-electron chi connectivity index (χ0n) is 16.2. The molecule has 0 fully saturated rings. The monoisotopic (exact) mass is 371 g/mol. The molecule has 6 nitrogen and oxygen atoms in total. The van der Waals surface area contributed by atoms with Crippen LogP contribution in [0.25, 0.3) is 0 Å². The lowest BCUT2D eigenvalue weighted by atomic mass is 10.0. The van der Waals surface area contributed by atoms with E-state index in [-0.39, 0.29) is 0 Å². The topological polar surface area (TPSA) is 83.5 Å². The Balaban J connectivity index is 1.95. The van der Waals surface area contributed by atoms with Gasteiger partial charge < -0.3 is 20.5 Å². The number of aliphatic hydroxyl groups is 1. The number of nitrogens with zero attached hydrogens (tertiary/aromatic N) is 1. The summed E-state index contributed by atoms with van der Waals surface area (Å²) in [5.41, 5.74) is 1.52. The summed E-state index contributed by atoms with van der Waals surface area (Å²) >= 11 is 0. The Hall–Kier alpha value is -2.44. The second-order valence-electron chi connectivity index (χ2n) is 7.50. The van der Waals surface area contributed by atoms with Gasteiger partial charge in [0.1, 0.15) is 5.60 Å². The van der Waals surface area contributed by atoms with E-state index in [0.717, 1.165) is 11.1 Å². The highest BCUT2D eigenvalue weighted by Gasteiger charge is 2.24. The number of hydrogen-bond acceptors (Lipinski definition) is 5. The number of hydrogen-bond donors (Lipinski definition) is 3. The summed E-state index contributed by atoms with van der Waals surface area (Å²) in [7, 11) is 0. The van der Waals surface area contributed by atoms with Crippen molar-refractivity contribution in [2.75, 3.05) is 6.54 Å². The lowest BCUT2D eigenvalue weighted by Gasteiger charge is -2.27. The van der Waals surface area contributed by atoms with Gasteiger partial charge in [0.2, 0.25) is 0 Å². The van der Waals surface area contributed by atoms with Crippen LogP contribution in [0, 0.1) is 0 Å². The maximum Gasteiger partial charge on any atom is 0.407 e. The number of carbonyl (C=O) groups is 1. The number of benzene rings is 1. The number of ether oxygens (including phenoxy) is 1. The number of alkyl carbamates (subject to hydrolysis) is 1. The van der Waals surface area contributed by atoms with Crippen LogP contribution in [-0.2, 0) is 17.7 Å². The van der Waals surface area contributed by atoms with Crippen LogP contribution in [0.5, 0.6) is 0 Å². The summed E-state index contributed by atoms with van der Waals surface area (Å²) < 4.78 is 5.34. The standard InChI is InChI=1S/C21H29N3O3/c1-21(2,3)27-20(26)24-18(13-16-7-5-4-6-8-16)19(25)15-23-14-17-9-11-22-12-10-17/h4-12,18-19,23,25H,13-15H2,1-3H3,(H,24,26)/t18-,19+/m0/s1. The van der Waals surface area contributed by atoms with Crippen molar-refractivity contribution >= 4 is 6.09 Å². The van der Waals surface area contributed by atoms with E-state index in [4.69, 9.17) is 4.74 Å². The quantitative estimate of drug-likeness (QED) is 0.664. The number of pyridine rings is 1. The number of amides is 1. The van der Waals surface area contributed by atoms with Gasteiger partial charge in [0, 0.05) is 25.5 Å². The highest BCUT2D eigenvalue weighted by molar-refractivity contribution is 5.68. The molecule has 6 heteroatoms. The van der Waals surface area contributed by atoms with Gasteiger partial charge in [0.05, 0.1) is 12.1 Å². The van der Waals surface area contributed by atoms with Gasteiger partial charge in [-0.15, -0.1) is 0 Å². The normalized spacial score (nSPS) is 13.6. The zero-order chi connectivity index (χ0) is 19.7. The minimum atomic E-state index is -0.764. The van der Waals surface area contributed by atoms with E-state index in [9.17, 15) is 9.90 Å². The summed E-state index contributed by atoms with van der Waals surface area (Å²) in [4.78, 5) is 16.2. The smallest absolute Gasteiger partial charge is 0.407 e.